The van der Waals surface area contributed by atoms with Crippen molar-refractivity contribution in [1.29, 1.82) is 0 Å². The summed E-state index contributed by atoms with van der Waals surface area (Å²) in [6, 6.07) is 3.07. The smallest absolute Gasteiger partial charge is 0.328 e. The molecule has 1 atom stereocenters. The summed E-state index contributed by atoms with van der Waals surface area (Å²) in [5.41, 5.74) is -0.0442. The molecule has 0 radical (unpaired) electrons. The summed E-state index contributed by atoms with van der Waals surface area (Å²) in [6.07, 6.45) is 0.419. The number of esters is 1. The maximum Gasteiger partial charge on any atom is 0.328 e. The van der Waals surface area contributed by atoms with Crippen LogP contribution in [-0.2, 0) is 9.53 Å². The number of nitrogens with one attached hydrogen (secondary N) is 1. The Labute approximate surface area is 92.4 Å². The topological polar surface area (TPSA) is 38.3 Å². The molecule has 0 heterocycles. The van der Waals surface area contributed by atoms with Crippen molar-refractivity contribution in [2.75, 3.05) is 12.4 Å². The number of carbonyl (C=O) groups excluding carboxylic acids is 1. The lowest BCUT2D eigenvalue weighted by Gasteiger charge is -2.16. The molecular weight excluding hydrogens is 216 g/mol. The van der Waals surface area contributed by atoms with Crippen LogP contribution >= 0.6 is 0 Å². The molecule has 1 unspecified atom stereocenters. The molecule has 0 saturated heterocycles. The molecule has 16 heavy (non-hydrogen) atoms. The Kier molecular flexibility index (Phi) is 4.22. The first-order chi connectivity index (χ1) is 7.60. The average molecular weight is 229 g/mol. The van der Waals surface area contributed by atoms with Crippen LogP contribution in [0.3, 0.4) is 0 Å². The van der Waals surface area contributed by atoms with Gasteiger partial charge in [0.2, 0.25) is 0 Å². The van der Waals surface area contributed by atoms with Crippen molar-refractivity contribution in [2.24, 2.45) is 0 Å². The van der Waals surface area contributed by atoms with Crippen molar-refractivity contribution in [3.05, 3.63) is 29.8 Å². The molecule has 0 aliphatic heterocycles. The fraction of sp³-hybridized carbons (Fsp3) is 0.364. The molecule has 0 bridgehead atoms. The Morgan fingerprint density at radius 3 is 2.75 bits per heavy atom. The van der Waals surface area contributed by atoms with Crippen molar-refractivity contribution in [3.8, 4) is 0 Å². The molecule has 0 spiro atoms. The Bertz CT molecular complexity index is 382. The minimum Gasteiger partial charge on any atom is -0.467 e. The quantitative estimate of drug-likeness (QED) is 0.805. The molecule has 0 aliphatic carbocycles. The Morgan fingerprint density at radius 2 is 2.19 bits per heavy atom. The summed E-state index contributed by atoms with van der Waals surface area (Å²) < 4.78 is 30.7. The van der Waals surface area contributed by atoms with Crippen molar-refractivity contribution in [1.82, 2.24) is 0 Å². The molecule has 0 aromatic heterocycles. The first-order valence-corrected chi connectivity index (χ1v) is 4.88. The van der Waals surface area contributed by atoms with Crippen LogP contribution in [0.5, 0.6) is 0 Å². The lowest BCUT2D eigenvalue weighted by molar-refractivity contribution is -0.141. The summed E-state index contributed by atoms with van der Waals surface area (Å²) in [5.74, 6) is -2.46. The van der Waals surface area contributed by atoms with Gasteiger partial charge in [0.25, 0.3) is 0 Å². The van der Waals surface area contributed by atoms with Crippen molar-refractivity contribution in [3.63, 3.8) is 0 Å². The van der Waals surface area contributed by atoms with Gasteiger partial charge in [-0.15, -0.1) is 0 Å². The van der Waals surface area contributed by atoms with Gasteiger partial charge in [0.15, 0.2) is 11.6 Å². The van der Waals surface area contributed by atoms with Crippen LogP contribution in [0.2, 0.25) is 0 Å². The number of rotatable bonds is 4. The minimum absolute atomic E-state index is 0.0442. The molecule has 1 aromatic rings. The Morgan fingerprint density at radius 1 is 1.50 bits per heavy atom. The first-order valence-electron chi connectivity index (χ1n) is 4.88. The van der Waals surface area contributed by atoms with Gasteiger partial charge < -0.3 is 10.1 Å². The van der Waals surface area contributed by atoms with Gasteiger partial charge >= 0.3 is 5.97 Å². The summed E-state index contributed by atoms with van der Waals surface area (Å²) in [5, 5.41) is 2.60. The monoisotopic (exact) mass is 229 g/mol. The van der Waals surface area contributed by atoms with Gasteiger partial charge in [0.05, 0.1) is 12.8 Å². The van der Waals surface area contributed by atoms with E-state index in [1.54, 1.807) is 6.92 Å². The van der Waals surface area contributed by atoms with Crippen LogP contribution in [-0.4, -0.2) is 19.1 Å². The van der Waals surface area contributed by atoms with Gasteiger partial charge in [-0.3, -0.25) is 0 Å². The number of anilines is 1. The van der Waals surface area contributed by atoms with Gasteiger partial charge in [0, 0.05) is 0 Å². The van der Waals surface area contributed by atoms with Crippen LogP contribution in [0.4, 0.5) is 14.5 Å². The predicted octanol–water partition coefficient (Wildman–Crippen LogP) is 2.33. The number of hydrogen-bond acceptors (Lipinski definition) is 3. The van der Waals surface area contributed by atoms with E-state index in [1.165, 1.54) is 19.2 Å². The van der Waals surface area contributed by atoms with E-state index in [2.05, 4.69) is 10.1 Å². The number of methoxy groups -OCH3 is 1. The van der Waals surface area contributed by atoms with Gasteiger partial charge in [0.1, 0.15) is 6.04 Å². The van der Waals surface area contributed by atoms with Crippen molar-refractivity contribution in [2.45, 2.75) is 19.4 Å². The van der Waals surface area contributed by atoms with E-state index >= 15 is 0 Å². The van der Waals surface area contributed by atoms with E-state index < -0.39 is 23.6 Å². The van der Waals surface area contributed by atoms with Crippen LogP contribution < -0.4 is 5.32 Å². The molecular formula is C11H13F2NO2. The lowest BCUT2D eigenvalue weighted by Crippen LogP contribution is -2.30. The zero-order chi connectivity index (χ0) is 12.1. The van der Waals surface area contributed by atoms with Crippen molar-refractivity contribution < 1.29 is 18.3 Å². The largest absolute Gasteiger partial charge is 0.467 e. The number of halogens is 2. The highest BCUT2D eigenvalue weighted by atomic mass is 19.2. The molecule has 3 nitrogen and oxygen atoms in total. The molecule has 5 heteroatoms. The molecule has 0 fully saturated rings. The fourth-order valence-corrected chi connectivity index (χ4v) is 1.27. The van der Waals surface area contributed by atoms with Gasteiger partial charge in [-0.1, -0.05) is 13.0 Å². The number of ether oxygens (including phenoxy) is 1. The Hall–Kier alpha value is -1.65. The highest BCUT2D eigenvalue weighted by Crippen LogP contribution is 2.18. The predicted molar refractivity (Wildman–Crippen MR) is 56.1 cm³/mol. The van der Waals surface area contributed by atoms with E-state index in [0.29, 0.717) is 6.42 Å². The van der Waals surface area contributed by atoms with Crippen LogP contribution in [0.15, 0.2) is 18.2 Å². The second-order valence-corrected chi connectivity index (χ2v) is 3.23. The second kappa shape index (κ2) is 5.44. The Balaban J connectivity index is 2.86. The average Bonchev–Trinajstić information content (AvgIpc) is 2.30. The molecule has 0 aliphatic rings. The van der Waals surface area contributed by atoms with Gasteiger partial charge in [-0.2, -0.15) is 0 Å². The minimum atomic E-state index is -0.996. The molecule has 0 amide bonds. The highest BCUT2D eigenvalue weighted by Gasteiger charge is 2.18. The van der Waals surface area contributed by atoms with E-state index in [-0.39, 0.29) is 5.69 Å². The zero-order valence-electron chi connectivity index (χ0n) is 9.09. The van der Waals surface area contributed by atoms with Crippen LogP contribution in [0.1, 0.15) is 13.3 Å². The second-order valence-electron chi connectivity index (χ2n) is 3.23. The standard InChI is InChI=1S/C11H13F2NO2/c1-3-8(11(15)16-2)14-9-6-4-5-7(12)10(9)13/h4-6,8,14H,3H2,1-2H3. The van der Waals surface area contributed by atoms with Crippen molar-refractivity contribution >= 4 is 11.7 Å². The van der Waals surface area contributed by atoms with Crippen LogP contribution in [0, 0.1) is 11.6 Å². The SMILES string of the molecule is CCC(Nc1cccc(F)c1F)C(=O)OC. The maximum atomic E-state index is 13.3. The molecule has 1 N–H and O–H groups in total. The fourth-order valence-electron chi connectivity index (χ4n) is 1.27. The summed E-state index contributed by atoms with van der Waals surface area (Å²) in [6.45, 7) is 1.74. The zero-order valence-corrected chi connectivity index (χ0v) is 9.09. The molecule has 1 aromatic carbocycles. The summed E-state index contributed by atoms with van der Waals surface area (Å²) in [7, 11) is 1.24. The van der Waals surface area contributed by atoms with Gasteiger partial charge in [-0.05, 0) is 18.6 Å². The first kappa shape index (κ1) is 12.4. The summed E-state index contributed by atoms with van der Waals surface area (Å²) >= 11 is 0. The molecule has 88 valence electrons. The van der Waals surface area contributed by atoms with Crippen LogP contribution in [0.25, 0.3) is 0 Å². The molecule has 0 saturated carbocycles. The maximum absolute atomic E-state index is 13.3. The van der Waals surface area contributed by atoms with E-state index in [9.17, 15) is 13.6 Å². The number of carbonyl (C=O) groups is 1. The number of hydrogen-bond donors (Lipinski definition) is 1. The third kappa shape index (κ3) is 2.68. The van der Waals surface area contributed by atoms with Gasteiger partial charge in [-0.25, -0.2) is 13.6 Å². The lowest BCUT2D eigenvalue weighted by atomic mass is 10.2. The third-order valence-electron chi connectivity index (χ3n) is 2.18. The third-order valence-corrected chi connectivity index (χ3v) is 2.18. The highest BCUT2D eigenvalue weighted by molar-refractivity contribution is 5.79. The molecule has 1 rings (SSSR count). The number of benzene rings is 1. The van der Waals surface area contributed by atoms with E-state index in [0.717, 1.165) is 6.07 Å². The van der Waals surface area contributed by atoms with E-state index in [4.69, 9.17) is 0 Å². The summed E-state index contributed by atoms with van der Waals surface area (Å²) in [4.78, 5) is 11.2. The normalized spacial score (nSPS) is 12.0. The van der Waals surface area contributed by atoms with E-state index in [1.807, 2.05) is 0 Å².